The Kier molecular flexibility index (Phi) is 9.43. The van der Waals surface area contributed by atoms with E-state index >= 15 is 0 Å². The van der Waals surface area contributed by atoms with Crippen LogP contribution in [0.3, 0.4) is 0 Å². The van der Waals surface area contributed by atoms with E-state index in [1.807, 2.05) is 24.4 Å². The average Bonchev–Trinajstić information content (AvgIpc) is 2.73. The van der Waals surface area contributed by atoms with Crippen molar-refractivity contribution in [1.29, 1.82) is 0 Å². The molecule has 1 aliphatic rings. The van der Waals surface area contributed by atoms with Crippen molar-refractivity contribution in [1.82, 2.24) is 14.8 Å². The van der Waals surface area contributed by atoms with E-state index in [-0.39, 0.29) is 35.4 Å². The third kappa shape index (κ3) is 6.45. The Morgan fingerprint density at radius 1 is 1.07 bits per heavy atom. The standard InChI is InChI=1S/C21H28FN5O.HI/c1-23-21(24-11-5-7-13-26-12-6-4-10-20(26)28)27-16-14-25(15-17-27)19-9-3-2-8-18(19)22;/h2-4,6,8-10,12H,5,7,11,13-17H2,1H3,(H,23,24);1H. The number of rotatable bonds is 6. The van der Waals surface area contributed by atoms with Gasteiger partial charge in [0.1, 0.15) is 5.82 Å². The molecule has 8 heteroatoms. The molecule has 158 valence electrons. The highest BCUT2D eigenvalue weighted by Crippen LogP contribution is 2.20. The molecule has 1 aliphatic heterocycles. The topological polar surface area (TPSA) is 52.9 Å². The van der Waals surface area contributed by atoms with Crippen molar-refractivity contribution >= 4 is 35.6 Å². The van der Waals surface area contributed by atoms with Crippen LogP contribution in [0.25, 0.3) is 0 Å². The maximum absolute atomic E-state index is 14.0. The van der Waals surface area contributed by atoms with Gasteiger partial charge in [-0.3, -0.25) is 9.79 Å². The third-order valence-corrected chi connectivity index (χ3v) is 4.99. The largest absolute Gasteiger partial charge is 0.366 e. The molecule has 1 fully saturated rings. The Bertz CT molecular complexity index is 849. The Labute approximate surface area is 188 Å². The van der Waals surface area contributed by atoms with Crippen molar-refractivity contribution in [3.8, 4) is 0 Å². The molecule has 1 aromatic carbocycles. The Morgan fingerprint density at radius 3 is 2.48 bits per heavy atom. The second-order valence-corrected chi connectivity index (χ2v) is 6.84. The summed E-state index contributed by atoms with van der Waals surface area (Å²) in [6.45, 7) is 4.65. The fraction of sp³-hybridized carbons (Fsp3) is 0.429. The molecule has 2 aromatic rings. The molecule has 29 heavy (non-hydrogen) atoms. The van der Waals surface area contributed by atoms with Crippen LogP contribution in [0.1, 0.15) is 12.8 Å². The Balaban J connectivity index is 0.00000300. The minimum Gasteiger partial charge on any atom is -0.366 e. The summed E-state index contributed by atoms with van der Waals surface area (Å²) in [5, 5.41) is 3.40. The van der Waals surface area contributed by atoms with Crippen LogP contribution in [0.4, 0.5) is 10.1 Å². The number of hydrogen-bond donors (Lipinski definition) is 1. The van der Waals surface area contributed by atoms with Crippen molar-refractivity contribution in [2.45, 2.75) is 19.4 Å². The molecule has 6 nitrogen and oxygen atoms in total. The molecule has 1 saturated heterocycles. The first-order valence-electron chi connectivity index (χ1n) is 9.79. The van der Waals surface area contributed by atoms with Gasteiger partial charge in [0.2, 0.25) is 5.56 Å². The summed E-state index contributed by atoms with van der Waals surface area (Å²) in [6, 6.07) is 12.1. The predicted octanol–water partition coefficient (Wildman–Crippen LogP) is 2.78. The highest BCUT2D eigenvalue weighted by atomic mass is 127. The molecule has 1 aromatic heterocycles. The molecule has 0 unspecified atom stereocenters. The maximum atomic E-state index is 14.0. The molecule has 2 heterocycles. The first-order chi connectivity index (χ1) is 13.7. The number of pyridine rings is 1. The van der Waals surface area contributed by atoms with Crippen LogP contribution < -0.4 is 15.8 Å². The molecular weight excluding hydrogens is 484 g/mol. The summed E-state index contributed by atoms with van der Waals surface area (Å²) in [6.07, 6.45) is 3.70. The molecule has 3 rings (SSSR count). The molecule has 0 saturated carbocycles. The number of para-hydroxylation sites is 1. The molecule has 0 bridgehead atoms. The number of aliphatic imine (C=N–C) groups is 1. The van der Waals surface area contributed by atoms with Crippen LogP contribution in [0, 0.1) is 5.82 Å². The fourth-order valence-electron chi connectivity index (χ4n) is 3.45. The van der Waals surface area contributed by atoms with Gasteiger partial charge in [0.05, 0.1) is 5.69 Å². The second-order valence-electron chi connectivity index (χ2n) is 6.84. The minimum atomic E-state index is -0.170. The van der Waals surface area contributed by atoms with Crippen molar-refractivity contribution in [3.63, 3.8) is 0 Å². The number of guanidine groups is 1. The van der Waals surface area contributed by atoms with Gasteiger partial charge in [0.25, 0.3) is 0 Å². The van der Waals surface area contributed by atoms with Gasteiger partial charge >= 0.3 is 0 Å². The summed E-state index contributed by atoms with van der Waals surface area (Å²) >= 11 is 0. The zero-order chi connectivity index (χ0) is 19.8. The smallest absolute Gasteiger partial charge is 0.250 e. The summed E-state index contributed by atoms with van der Waals surface area (Å²) < 4.78 is 15.7. The molecule has 0 atom stereocenters. The van der Waals surface area contributed by atoms with Crippen molar-refractivity contribution in [3.05, 3.63) is 64.8 Å². The van der Waals surface area contributed by atoms with E-state index in [0.717, 1.165) is 58.1 Å². The number of anilines is 1. The van der Waals surface area contributed by atoms with Gasteiger partial charge in [-0.15, -0.1) is 24.0 Å². The van der Waals surface area contributed by atoms with E-state index in [9.17, 15) is 9.18 Å². The van der Waals surface area contributed by atoms with Gasteiger partial charge in [-0.25, -0.2) is 4.39 Å². The number of hydrogen-bond acceptors (Lipinski definition) is 3. The normalized spacial score (nSPS) is 14.5. The predicted molar refractivity (Wildman–Crippen MR) is 127 cm³/mol. The summed E-state index contributed by atoms with van der Waals surface area (Å²) in [5.74, 6) is 0.709. The van der Waals surface area contributed by atoms with Crippen molar-refractivity contribution in [2.24, 2.45) is 4.99 Å². The lowest BCUT2D eigenvalue weighted by Gasteiger charge is -2.37. The van der Waals surface area contributed by atoms with Crippen LogP contribution >= 0.6 is 24.0 Å². The van der Waals surface area contributed by atoms with E-state index < -0.39 is 0 Å². The lowest BCUT2D eigenvalue weighted by atomic mass is 10.2. The highest BCUT2D eigenvalue weighted by Gasteiger charge is 2.21. The quantitative estimate of drug-likeness (QED) is 0.280. The molecule has 0 amide bonds. The van der Waals surface area contributed by atoms with Crippen molar-refractivity contribution in [2.75, 3.05) is 44.7 Å². The monoisotopic (exact) mass is 513 g/mol. The maximum Gasteiger partial charge on any atom is 0.250 e. The van der Waals surface area contributed by atoms with Gasteiger partial charge in [0, 0.05) is 58.6 Å². The van der Waals surface area contributed by atoms with Gasteiger partial charge < -0.3 is 19.7 Å². The van der Waals surface area contributed by atoms with E-state index in [0.29, 0.717) is 5.69 Å². The third-order valence-electron chi connectivity index (χ3n) is 4.99. The van der Waals surface area contributed by atoms with Crippen molar-refractivity contribution < 1.29 is 4.39 Å². The minimum absolute atomic E-state index is 0. The summed E-state index contributed by atoms with van der Waals surface area (Å²) in [4.78, 5) is 20.4. The molecule has 0 spiro atoms. The van der Waals surface area contributed by atoms with Gasteiger partial charge in [0.15, 0.2) is 5.96 Å². The number of unbranched alkanes of at least 4 members (excludes halogenated alkanes) is 1. The number of nitrogens with one attached hydrogen (secondary N) is 1. The lowest BCUT2D eigenvalue weighted by molar-refractivity contribution is 0.370. The van der Waals surface area contributed by atoms with Crippen LogP contribution in [-0.2, 0) is 6.54 Å². The fourth-order valence-corrected chi connectivity index (χ4v) is 3.45. The highest BCUT2D eigenvalue weighted by molar-refractivity contribution is 14.0. The molecule has 1 N–H and O–H groups in total. The number of aryl methyl sites for hydroxylation is 1. The second kappa shape index (κ2) is 11.8. The average molecular weight is 513 g/mol. The SMILES string of the molecule is CN=C(NCCCCn1ccccc1=O)N1CCN(c2ccccc2F)CC1.I. The number of halogens is 2. The molecule has 0 aliphatic carbocycles. The van der Waals surface area contributed by atoms with Gasteiger partial charge in [-0.05, 0) is 31.0 Å². The number of benzene rings is 1. The Morgan fingerprint density at radius 2 is 1.79 bits per heavy atom. The van der Waals surface area contributed by atoms with E-state index in [2.05, 4.69) is 20.1 Å². The zero-order valence-corrected chi connectivity index (χ0v) is 19.1. The van der Waals surface area contributed by atoms with Crippen LogP contribution in [0.2, 0.25) is 0 Å². The van der Waals surface area contributed by atoms with Crippen LogP contribution in [0.5, 0.6) is 0 Å². The molecule has 0 radical (unpaired) electrons. The number of nitrogens with zero attached hydrogens (tertiary/aromatic N) is 4. The van der Waals surface area contributed by atoms with Gasteiger partial charge in [-0.1, -0.05) is 18.2 Å². The van der Waals surface area contributed by atoms with Gasteiger partial charge in [-0.2, -0.15) is 0 Å². The zero-order valence-electron chi connectivity index (χ0n) is 16.8. The van der Waals surface area contributed by atoms with Crippen LogP contribution in [0.15, 0.2) is 58.4 Å². The molecular formula is C21H29FIN5O. The first-order valence-corrected chi connectivity index (χ1v) is 9.79. The summed E-state index contributed by atoms with van der Waals surface area (Å²) in [5.41, 5.74) is 0.709. The number of piperazine rings is 1. The summed E-state index contributed by atoms with van der Waals surface area (Å²) in [7, 11) is 1.79. The number of aromatic nitrogens is 1. The van der Waals surface area contributed by atoms with E-state index in [4.69, 9.17) is 0 Å². The Hall–Kier alpha value is -2.10. The lowest BCUT2D eigenvalue weighted by Crippen LogP contribution is -2.52. The van der Waals surface area contributed by atoms with E-state index in [1.165, 1.54) is 6.07 Å². The first kappa shape index (κ1) is 23.2. The van der Waals surface area contributed by atoms with E-state index in [1.54, 1.807) is 29.8 Å². The van der Waals surface area contributed by atoms with Crippen LogP contribution in [-0.4, -0.2) is 55.2 Å².